The smallest absolute Gasteiger partial charge is 0.252 e. The van der Waals surface area contributed by atoms with Gasteiger partial charge in [-0.2, -0.15) is 0 Å². The monoisotopic (exact) mass is 887 g/mol. The number of aryl methyl sites for hydroxylation is 2. The molecule has 0 atom stereocenters. The van der Waals surface area contributed by atoms with Gasteiger partial charge in [0.25, 0.3) is 6.71 Å². The quantitative estimate of drug-likeness (QED) is 0.154. The summed E-state index contributed by atoms with van der Waals surface area (Å²) in [6.45, 7) is 18.7. The average Bonchev–Trinajstić information content (AvgIpc) is 3.65. The first-order chi connectivity index (χ1) is 33.7. The molecule has 0 unspecified atom stereocenters. The van der Waals surface area contributed by atoms with Crippen molar-refractivity contribution in [2.24, 2.45) is 0 Å². The van der Waals surface area contributed by atoms with E-state index in [9.17, 15) is 4.11 Å². The third kappa shape index (κ3) is 6.47. The van der Waals surface area contributed by atoms with Crippen LogP contribution in [0, 0.1) is 13.8 Å². The highest BCUT2D eigenvalue weighted by Gasteiger charge is 2.49. The number of fused-ring (bicyclic) bond motifs is 6. The zero-order chi connectivity index (χ0) is 49.6. The van der Waals surface area contributed by atoms with E-state index in [1.54, 1.807) is 0 Å². The molecule has 3 nitrogen and oxygen atoms in total. The third-order valence-corrected chi connectivity index (χ3v) is 16.0. The normalized spacial score (nSPS) is 18.1. The van der Waals surface area contributed by atoms with Crippen LogP contribution in [0.1, 0.15) is 106 Å². The first-order valence-corrected chi connectivity index (χ1v) is 24.5. The second kappa shape index (κ2) is 14.9. The molecule has 0 N–H and O–H groups in total. The number of rotatable bonds is 6. The largest absolute Gasteiger partial charge is 0.311 e. The molecular formula is C64H62BN3. The number of benzene rings is 8. The Bertz CT molecular complexity index is 3410. The van der Waals surface area contributed by atoms with Crippen LogP contribution in [0.2, 0.25) is 0 Å². The third-order valence-electron chi connectivity index (χ3n) is 16.0. The lowest BCUT2D eigenvalue weighted by atomic mass is 9.33. The number of anilines is 9. The summed E-state index contributed by atoms with van der Waals surface area (Å²) in [6, 6.07) is 61.7. The minimum Gasteiger partial charge on any atom is -0.311 e. The zero-order valence-corrected chi connectivity index (χ0v) is 41.0. The summed E-state index contributed by atoms with van der Waals surface area (Å²) in [6.07, 6.45) is 2.08. The van der Waals surface area contributed by atoms with E-state index < -0.39 is 6.85 Å². The van der Waals surface area contributed by atoms with E-state index in [-0.39, 0.29) is 28.4 Å². The van der Waals surface area contributed by atoms with Crippen LogP contribution in [0.15, 0.2) is 170 Å². The predicted octanol–water partition coefficient (Wildman–Crippen LogP) is 15.4. The Morgan fingerprint density at radius 1 is 0.441 bits per heavy atom. The molecule has 2 aliphatic heterocycles. The van der Waals surface area contributed by atoms with Crippen LogP contribution in [-0.2, 0) is 21.7 Å². The Morgan fingerprint density at radius 2 is 1.00 bits per heavy atom. The molecule has 0 bridgehead atoms. The van der Waals surface area contributed by atoms with Crippen molar-refractivity contribution < 1.29 is 4.11 Å². The summed E-state index contributed by atoms with van der Waals surface area (Å²) in [5.74, 6) is 0. The van der Waals surface area contributed by atoms with Gasteiger partial charge < -0.3 is 14.7 Å². The van der Waals surface area contributed by atoms with Gasteiger partial charge in [0.1, 0.15) is 0 Å². The molecule has 2 aliphatic carbocycles. The SMILES string of the molecule is [2H]C([2H])([2H])c1cc2c3c(c1)N(c1cc(-c4ccccc4)ccc1C)c1ccc(N(c4ccccc4)c4ccccc4)cc1B3c1cc3c(cc1N2c1ccc2c(c1)C(C)(C)CC2(C)C)C(C)(C)CC3(C)C. The van der Waals surface area contributed by atoms with Crippen LogP contribution in [0.5, 0.6) is 0 Å². The first-order valence-electron chi connectivity index (χ1n) is 26.0. The highest BCUT2D eigenvalue weighted by Crippen LogP contribution is 2.55. The molecule has 4 heteroatoms. The molecule has 0 fully saturated rings. The van der Waals surface area contributed by atoms with Gasteiger partial charge in [-0.3, -0.25) is 0 Å². The maximum atomic E-state index is 9.17. The average molecular weight is 887 g/mol. The number of para-hydroxylation sites is 2. The molecule has 68 heavy (non-hydrogen) atoms. The summed E-state index contributed by atoms with van der Waals surface area (Å²) in [7, 11) is 0. The van der Waals surface area contributed by atoms with Gasteiger partial charge in [0.2, 0.25) is 0 Å². The van der Waals surface area contributed by atoms with Gasteiger partial charge in [0.05, 0.1) is 0 Å². The molecule has 8 aromatic carbocycles. The highest BCUT2D eigenvalue weighted by molar-refractivity contribution is 7.00. The number of hydrogen-bond acceptors (Lipinski definition) is 3. The van der Waals surface area contributed by atoms with Gasteiger partial charge >= 0.3 is 0 Å². The maximum absolute atomic E-state index is 9.17. The van der Waals surface area contributed by atoms with Crippen molar-refractivity contribution in [2.75, 3.05) is 14.7 Å². The van der Waals surface area contributed by atoms with E-state index in [1.165, 1.54) is 33.2 Å². The zero-order valence-electron chi connectivity index (χ0n) is 44.0. The molecule has 2 heterocycles. The molecule has 0 saturated heterocycles. The number of hydrogen-bond donors (Lipinski definition) is 0. The topological polar surface area (TPSA) is 9.72 Å². The Balaban J connectivity index is 1.21. The Morgan fingerprint density at radius 3 is 1.63 bits per heavy atom. The van der Waals surface area contributed by atoms with Crippen molar-refractivity contribution in [3.8, 4) is 11.1 Å². The second-order valence-corrected chi connectivity index (χ2v) is 22.7. The van der Waals surface area contributed by atoms with Crippen LogP contribution >= 0.6 is 0 Å². The predicted molar refractivity (Wildman–Crippen MR) is 291 cm³/mol. The molecule has 0 saturated carbocycles. The Hall–Kier alpha value is -6.78. The van der Waals surface area contributed by atoms with Crippen LogP contribution in [-0.4, -0.2) is 6.71 Å². The van der Waals surface area contributed by atoms with E-state index in [0.717, 1.165) is 86.2 Å². The van der Waals surface area contributed by atoms with E-state index >= 15 is 0 Å². The summed E-state index contributed by atoms with van der Waals surface area (Å²) < 4.78 is 27.5. The fraction of sp³-hybridized carbons (Fsp3) is 0.250. The lowest BCUT2D eigenvalue weighted by molar-refractivity contribution is 0.403. The second-order valence-electron chi connectivity index (χ2n) is 22.7. The summed E-state index contributed by atoms with van der Waals surface area (Å²) in [4.78, 5) is 7.20. The minimum atomic E-state index is -2.39. The lowest BCUT2D eigenvalue weighted by Crippen LogP contribution is -2.61. The van der Waals surface area contributed by atoms with Gasteiger partial charge in [-0.15, -0.1) is 0 Å². The van der Waals surface area contributed by atoms with E-state index in [4.69, 9.17) is 0 Å². The summed E-state index contributed by atoms with van der Waals surface area (Å²) >= 11 is 0. The van der Waals surface area contributed by atoms with Crippen molar-refractivity contribution >= 4 is 74.3 Å². The van der Waals surface area contributed by atoms with Crippen LogP contribution in [0.4, 0.5) is 51.2 Å². The molecule has 4 aliphatic rings. The molecular weight excluding hydrogens is 822 g/mol. The van der Waals surface area contributed by atoms with Crippen LogP contribution in [0.3, 0.4) is 0 Å². The molecule has 0 amide bonds. The van der Waals surface area contributed by atoms with Crippen molar-refractivity contribution in [1.82, 2.24) is 0 Å². The van der Waals surface area contributed by atoms with Crippen LogP contribution in [0.25, 0.3) is 11.1 Å². The molecule has 336 valence electrons. The minimum absolute atomic E-state index is 0.0283. The van der Waals surface area contributed by atoms with Crippen LogP contribution < -0.4 is 31.1 Å². The van der Waals surface area contributed by atoms with Gasteiger partial charge in [0, 0.05) is 55.3 Å². The molecule has 0 radical (unpaired) electrons. The fourth-order valence-corrected chi connectivity index (χ4v) is 13.5. The maximum Gasteiger partial charge on any atom is 0.252 e. The van der Waals surface area contributed by atoms with Gasteiger partial charge in [0.15, 0.2) is 0 Å². The van der Waals surface area contributed by atoms with E-state index in [2.05, 4.69) is 235 Å². The standard InChI is InChI=1S/C64H62BN3/c1-41-32-58-60-59(33-41)68(56-34-44(27-26-42(56)2)43-20-14-11-15-21-43)55-31-29-48(66(45-22-16-12-17-23-45)46-24-18-13-19-25-46)36-53(55)65(60)54-37-51-52(64(9,10)40-63(51,7)8)38-57(54)67(58)47-28-30-49-50(35-47)62(5,6)39-61(49,3)4/h11-38H,39-40H2,1-10H3/i1D3. The van der Waals surface area contributed by atoms with Crippen molar-refractivity contribution in [1.29, 1.82) is 0 Å². The molecule has 0 aromatic heterocycles. The summed E-state index contributed by atoms with van der Waals surface area (Å²) in [5, 5.41) is 0. The fourth-order valence-electron chi connectivity index (χ4n) is 13.5. The van der Waals surface area contributed by atoms with Crippen molar-refractivity contribution in [3.63, 3.8) is 0 Å². The van der Waals surface area contributed by atoms with E-state index in [0.29, 0.717) is 5.56 Å². The Labute approximate surface area is 409 Å². The highest BCUT2D eigenvalue weighted by atomic mass is 15.2. The van der Waals surface area contributed by atoms with Crippen molar-refractivity contribution in [3.05, 3.63) is 203 Å². The molecule has 12 rings (SSSR count). The van der Waals surface area contributed by atoms with E-state index in [1.807, 2.05) is 12.1 Å². The first kappa shape index (κ1) is 39.2. The summed E-state index contributed by atoms with van der Waals surface area (Å²) in [5.41, 5.74) is 21.8. The number of nitrogens with zero attached hydrogens (tertiary/aromatic N) is 3. The van der Waals surface area contributed by atoms with Gasteiger partial charge in [-0.1, -0.05) is 146 Å². The lowest BCUT2D eigenvalue weighted by Gasteiger charge is -2.45. The Kier molecular flexibility index (Phi) is 8.58. The van der Waals surface area contributed by atoms with Gasteiger partial charge in [-0.25, -0.2) is 0 Å². The van der Waals surface area contributed by atoms with Crippen molar-refractivity contribution in [2.45, 2.75) is 104 Å². The molecule has 0 spiro atoms. The molecule has 8 aromatic rings. The van der Waals surface area contributed by atoms with Gasteiger partial charge in [-0.05, 0) is 188 Å².